The third-order valence-corrected chi connectivity index (χ3v) is 5.59. The maximum absolute atomic E-state index is 13.2. The van der Waals surface area contributed by atoms with Crippen LogP contribution in [0.4, 0.5) is 10.8 Å². The molecular weight excluding hydrogens is 392 g/mol. The summed E-state index contributed by atoms with van der Waals surface area (Å²) in [4.78, 5) is 17.5. The standard InChI is InChI=1S/C21H17ClN4OS/c22-16-11-15(12-17-19(16)25-21(26-23)28-17)24-20(27)18(13-7-3-1-4-8-13)14-9-5-2-6-10-14/h1-12,18H,23H2,(H,24,27)(H,25,26). The van der Waals surface area contributed by atoms with Gasteiger partial charge in [-0.25, -0.2) is 10.8 Å². The van der Waals surface area contributed by atoms with Gasteiger partial charge >= 0.3 is 0 Å². The van der Waals surface area contributed by atoms with Crippen LogP contribution in [0.25, 0.3) is 10.2 Å². The normalized spacial score (nSPS) is 11.0. The van der Waals surface area contributed by atoms with E-state index in [1.54, 1.807) is 6.07 Å². The lowest BCUT2D eigenvalue weighted by atomic mass is 9.90. The van der Waals surface area contributed by atoms with Crippen molar-refractivity contribution in [3.8, 4) is 0 Å². The minimum atomic E-state index is -0.431. The highest BCUT2D eigenvalue weighted by Gasteiger charge is 2.23. The first-order valence-corrected chi connectivity index (χ1v) is 9.82. The predicted octanol–water partition coefficient (Wildman–Crippen LogP) is 5.01. The van der Waals surface area contributed by atoms with Crippen LogP contribution in [0.2, 0.25) is 5.02 Å². The second kappa shape index (κ2) is 7.98. The number of thiazole rings is 1. The first kappa shape index (κ1) is 18.4. The Balaban J connectivity index is 1.69. The van der Waals surface area contributed by atoms with Crippen molar-refractivity contribution in [1.29, 1.82) is 0 Å². The molecule has 4 N–H and O–H groups in total. The number of amides is 1. The Labute approximate surface area is 171 Å². The van der Waals surface area contributed by atoms with Gasteiger partial charge in [-0.2, -0.15) is 0 Å². The maximum atomic E-state index is 13.2. The summed E-state index contributed by atoms with van der Waals surface area (Å²) in [7, 11) is 0. The molecule has 0 aliphatic rings. The molecule has 4 aromatic rings. The van der Waals surface area contributed by atoms with Crippen LogP contribution in [0.3, 0.4) is 0 Å². The number of rotatable bonds is 5. The van der Waals surface area contributed by atoms with Gasteiger partial charge in [0.25, 0.3) is 0 Å². The van der Waals surface area contributed by atoms with E-state index in [1.807, 2.05) is 66.7 Å². The van der Waals surface area contributed by atoms with Gasteiger partial charge in [0.15, 0.2) is 5.13 Å². The molecule has 0 saturated carbocycles. The Bertz CT molecular complexity index is 1080. The fourth-order valence-electron chi connectivity index (χ4n) is 3.12. The van der Waals surface area contributed by atoms with E-state index in [4.69, 9.17) is 17.4 Å². The van der Waals surface area contributed by atoms with Crippen LogP contribution in [-0.4, -0.2) is 10.9 Å². The minimum absolute atomic E-state index is 0.130. The molecule has 0 aliphatic carbocycles. The third kappa shape index (κ3) is 3.71. The monoisotopic (exact) mass is 408 g/mol. The van der Waals surface area contributed by atoms with Crippen LogP contribution in [0.5, 0.6) is 0 Å². The number of hydrogen-bond donors (Lipinski definition) is 3. The van der Waals surface area contributed by atoms with Crippen molar-refractivity contribution in [2.45, 2.75) is 5.92 Å². The second-order valence-electron chi connectivity index (χ2n) is 6.21. The van der Waals surface area contributed by atoms with E-state index in [2.05, 4.69) is 15.7 Å². The molecular formula is C21H17ClN4OS. The second-order valence-corrected chi connectivity index (χ2v) is 7.65. The van der Waals surface area contributed by atoms with Crippen LogP contribution in [0.15, 0.2) is 72.8 Å². The first-order valence-electron chi connectivity index (χ1n) is 8.63. The largest absolute Gasteiger partial charge is 0.325 e. The zero-order valence-electron chi connectivity index (χ0n) is 14.7. The summed E-state index contributed by atoms with van der Waals surface area (Å²) in [6, 6.07) is 23.0. The van der Waals surface area contributed by atoms with Gasteiger partial charge in [-0.1, -0.05) is 83.6 Å². The van der Waals surface area contributed by atoms with Crippen LogP contribution in [-0.2, 0) is 4.79 Å². The predicted molar refractivity (Wildman–Crippen MR) is 116 cm³/mol. The molecule has 0 aliphatic heterocycles. The summed E-state index contributed by atoms with van der Waals surface area (Å²) < 4.78 is 0.840. The molecule has 0 radical (unpaired) electrons. The number of carbonyl (C=O) groups excluding carboxylic acids is 1. The summed E-state index contributed by atoms with van der Waals surface area (Å²) in [5.74, 6) is 4.88. The molecule has 0 atom stereocenters. The molecule has 0 fully saturated rings. The number of benzene rings is 3. The lowest BCUT2D eigenvalue weighted by Crippen LogP contribution is -2.22. The average Bonchev–Trinajstić information content (AvgIpc) is 3.14. The number of nitrogens with zero attached hydrogens (tertiary/aromatic N) is 1. The zero-order chi connectivity index (χ0) is 19.5. The van der Waals surface area contributed by atoms with Crippen molar-refractivity contribution in [3.05, 3.63) is 88.9 Å². The van der Waals surface area contributed by atoms with Crippen molar-refractivity contribution in [2.24, 2.45) is 5.84 Å². The number of anilines is 2. The van der Waals surface area contributed by atoms with Crippen molar-refractivity contribution < 1.29 is 4.79 Å². The number of aromatic nitrogens is 1. The molecule has 0 bridgehead atoms. The topological polar surface area (TPSA) is 80.0 Å². The van der Waals surface area contributed by atoms with Crippen molar-refractivity contribution in [3.63, 3.8) is 0 Å². The number of hydrogen-bond acceptors (Lipinski definition) is 5. The Morgan fingerprint density at radius 3 is 2.18 bits per heavy atom. The van der Waals surface area contributed by atoms with E-state index in [1.165, 1.54) is 11.3 Å². The summed E-state index contributed by atoms with van der Waals surface area (Å²) in [6.07, 6.45) is 0. The van der Waals surface area contributed by atoms with Crippen molar-refractivity contribution >= 4 is 49.9 Å². The highest BCUT2D eigenvalue weighted by atomic mass is 35.5. The van der Waals surface area contributed by atoms with Crippen LogP contribution < -0.4 is 16.6 Å². The number of hydrazine groups is 1. The molecule has 5 nitrogen and oxygen atoms in total. The molecule has 1 heterocycles. The van der Waals surface area contributed by atoms with Crippen LogP contribution >= 0.6 is 22.9 Å². The molecule has 0 saturated heterocycles. The Hall–Kier alpha value is -2.93. The summed E-state index contributed by atoms with van der Waals surface area (Å²) in [6.45, 7) is 0. The van der Waals surface area contributed by atoms with Gasteiger partial charge < -0.3 is 5.32 Å². The van der Waals surface area contributed by atoms with Gasteiger partial charge in [-0.15, -0.1) is 0 Å². The molecule has 1 aromatic heterocycles. The molecule has 1 amide bonds. The summed E-state index contributed by atoms with van der Waals surface area (Å²) in [5, 5.41) is 4.02. The van der Waals surface area contributed by atoms with E-state index >= 15 is 0 Å². The zero-order valence-corrected chi connectivity index (χ0v) is 16.3. The molecule has 3 aromatic carbocycles. The molecule has 0 unspecified atom stereocenters. The van der Waals surface area contributed by atoms with Gasteiger partial charge in [0, 0.05) is 5.69 Å². The van der Waals surface area contributed by atoms with Crippen LogP contribution in [0, 0.1) is 0 Å². The summed E-state index contributed by atoms with van der Waals surface area (Å²) in [5.41, 5.74) is 5.64. The maximum Gasteiger partial charge on any atom is 0.236 e. The number of carbonyl (C=O) groups is 1. The quantitative estimate of drug-likeness (QED) is 0.320. The van der Waals surface area contributed by atoms with Gasteiger partial charge in [-0.05, 0) is 23.3 Å². The fraction of sp³-hybridized carbons (Fsp3) is 0.0476. The molecule has 7 heteroatoms. The van der Waals surface area contributed by atoms with E-state index < -0.39 is 5.92 Å². The lowest BCUT2D eigenvalue weighted by molar-refractivity contribution is -0.116. The number of nitrogen functional groups attached to an aromatic ring is 1. The van der Waals surface area contributed by atoms with Gasteiger partial charge in [0.1, 0.15) is 5.52 Å². The van der Waals surface area contributed by atoms with E-state index in [0.29, 0.717) is 21.4 Å². The number of fused-ring (bicyclic) bond motifs is 1. The Kier molecular flexibility index (Phi) is 5.25. The molecule has 140 valence electrons. The van der Waals surface area contributed by atoms with Gasteiger partial charge in [-0.3, -0.25) is 10.2 Å². The number of halogens is 1. The van der Waals surface area contributed by atoms with E-state index in [-0.39, 0.29) is 5.91 Å². The highest BCUT2D eigenvalue weighted by molar-refractivity contribution is 7.22. The van der Waals surface area contributed by atoms with Crippen molar-refractivity contribution in [1.82, 2.24) is 4.98 Å². The molecule has 4 rings (SSSR count). The first-order chi connectivity index (χ1) is 13.7. The fourth-order valence-corrected chi connectivity index (χ4v) is 4.28. The van der Waals surface area contributed by atoms with E-state index in [9.17, 15) is 4.79 Å². The molecule has 0 spiro atoms. The highest BCUT2D eigenvalue weighted by Crippen LogP contribution is 2.34. The van der Waals surface area contributed by atoms with Crippen molar-refractivity contribution in [2.75, 3.05) is 10.7 Å². The smallest absolute Gasteiger partial charge is 0.236 e. The SMILES string of the molecule is NNc1nc2c(Cl)cc(NC(=O)C(c3ccccc3)c3ccccc3)cc2s1. The third-order valence-electron chi connectivity index (χ3n) is 4.37. The minimum Gasteiger partial charge on any atom is -0.325 e. The number of nitrogens with one attached hydrogen (secondary N) is 2. The average molecular weight is 409 g/mol. The van der Waals surface area contributed by atoms with E-state index in [0.717, 1.165) is 15.8 Å². The van der Waals surface area contributed by atoms with Gasteiger partial charge in [0.2, 0.25) is 5.91 Å². The molecule has 28 heavy (non-hydrogen) atoms. The summed E-state index contributed by atoms with van der Waals surface area (Å²) >= 11 is 7.72. The Morgan fingerprint density at radius 1 is 1.00 bits per heavy atom. The Morgan fingerprint density at radius 2 is 1.61 bits per heavy atom. The van der Waals surface area contributed by atoms with Gasteiger partial charge in [0.05, 0.1) is 15.6 Å². The number of nitrogens with two attached hydrogens (primary N) is 1. The lowest BCUT2D eigenvalue weighted by Gasteiger charge is -2.18. The van der Waals surface area contributed by atoms with Crippen LogP contribution in [0.1, 0.15) is 17.0 Å².